The van der Waals surface area contributed by atoms with Gasteiger partial charge in [0.1, 0.15) is 85.5 Å². The van der Waals surface area contributed by atoms with Crippen LogP contribution in [0.4, 0.5) is 0 Å². The molecule has 0 aromatic carbocycles. The predicted molar refractivity (Wildman–Crippen MR) is 276 cm³/mol. The molecule has 5 heterocycles. The van der Waals surface area contributed by atoms with Gasteiger partial charge in [0.05, 0.1) is 55.4 Å². The predicted octanol–water partition coefficient (Wildman–Crippen LogP) is -0.812. The molecular weight excluding hydrogens is 1070 g/mol. The van der Waals surface area contributed by atoms with Gasteiger partial charge in [-0.15, -0.1) is 0 Å². The number of carbonyl (C=O) groups is 1. The van der Waals surface area contributed by atoms with Crippen molar-refractivity contribution in [3.8, 4) is 0 Å². The fraction of sp³-hybridized carbons (Fsp3) is 0.946. The van der Waals surface area contributed by atoms with E-state index >= 15 is 0 Å². The number of carbonyl (C=O) groups excluding carboxylic acids is 1. The summed E-state index contributed by atoms with van der Waals surface area (Å²) in [5.41, 5.74) is -0.626. The van der Waals surface area contributed by atoms with E-state index in [0.717, 1.165) is 44.9 Å². The number of hydrogen-bond acceptors (Lipinski definition) is 25. The summed E-state index contributed by atoms with van der Waals surface area (Å²) >= 11 is 0. The zero-order chi connectivity index (χ0) is 58.8. The van der Waals surface area contributed by atoms with Gasteiger partial charge in [0.2, 0.25) is 0 Å². The first kappa shape index (κ1) is 63.8. The average Bonchev–Trinajstić information content (AvgIpc) is 3.99. The summed E-state index contributed by atoms with van der Waals surface area (Å²) in [6.45, 7) is 11.5. The zero-order valence-electron chi connectivity index (χ0n) is 48.2. The molecule has 32 unspecified atom stereocenters. The number of methoxy groups -OCH3 is 3. The summed E-state index contributed by atoms with van der Waals surface area (Å²) in [6.07, 6.45) is -21.4. The molecule has 81 heavy (non-hydrogen) atoms. The molecule has 0 aromatic rings. The summed E-state index contributed by atoms with van der Waals surface area (Å²) in [5.74, 6) is 0.235. The van der Waals surface area contributed by atoms with E-state index in [-0.39, 0.29) is 23.4 Å². The van der Waals surface area contributed by atoms with Gasteiger partial charge in [-0.05, 0) is 102 Å². The molecule has 5 saturated heterocycles. The first-order chi connectivity index (χ1) is 38.3. The van der Waals surface area contributed by atoms with Crippen molar-refractivity contribution >= 4 is 5.97 Å². The quantitative estimate of drug-likeness (QED) is 0.0629. The Kier molecular flexibility index (Phi) is 20.1. The van der Waals surface area contributed by atoms with Crippen molar-refractivity contribution in [1.29, 1.82) is 0 Å². The lowest BCUT2D eigenvalue weighted by Gasteiger charge is -2.60. The highest BCUT2D eigenvalue weighted by Crippen LogP contribution is 2.68. The van der Waals surface area contributed by atoms with E-state index in [1.165, 1.54) is 26.7 Å². The Hall–Kier alpha value is -1.71. The Morgan fingerprint density at radius 1 is 0.642 bits per heavy atom. The first-order valence-electron chi connectivity index (χ1n) is 29.1. The van der Waals surface area contributed by atoms with Crippen molar-refractivity contribution in [3.63, 3.8) is 0 Å². The average molecular weight is 1170 g/mol. The summed E-state index contributed by atoms with van der Waals surface area (Å²) in [5, 5.41) is 109. The van der Waals surface area contributed by atoms with Crippen molar-refractivity contribution in [2.24, 2.45) is 28.6 Å². The number of ether oxygens (including phenoxy) is 14. The molecule has 32 atom stereocenters. The first-order valence-corrected chi connectivity index (χ1v) is 29.1. The van der Waals surface area contributed by atoms with Crippen molar-refractivity contribution < 1.29 is 122 Å². The Labute approximate surface area is 473 Å². The number of aliphatic hydroxyl groups is 10. The Balaban J connectivity index is 0.832. The van der Waals surface area contributed by atoms with Gasteiger partial charge < -0.3 is 117 Å². The number of rotatable bonds is 17. The fourth-order valence-corrected chi connectivity index (χ4v) is 15.6. The lowest BCUT2D eigenvalue weighted by Crippen LogP contribution is -2.66. The standard InChI is InChI=1S/C56H92O25/c1-23-38(60)47(70-10)49(81-51-44(66)42(64)40(62)35(79-51)22-71-50-43(65)41(63)39(61)34(21-57)78-50)52(73-23)75-26(4)56(67)18-15-32-30-12-11-28-19-29(13-16-54(28,6)31(30)14-17-55(32,56)7)77-36-20-33(68-8)45(25(3)72-36)80-53-48(76-27(5)58)46(69-9)37(59)24(2)74-53/h11,23-26,29-53,57,59-67H,12-22H2,1-10H3. The molecule has 0 spiro atoms. The maximum atomic E-state index is 13.1. The van der Waals surface area contributed by atoms with E-state index in [9.17, 15) is 55.9 Å². The third kappa shape index (κ3) is 11.9. The number of fused-ring (bicyclic) bond motifs is 5. The van der Waals surface area contributed by atoms with E-state index in [1.807, 2.05) is 6.92 Å². The largest absolute Gasteiger partial charge is 0.454 e. The Morgan fingerprint density at radius 2 is 1.25 bits per heavy atom. The highest BCUT2D eigenvalue weighted by Gasteiger charge is 2.66. The van der Waals surface area contributed by atoms with Crippen LogP contribution in [0, 0.1) is 28.6 Å². The van der Waals surface area contributed by atoms with Gasteiger partial charge in [-0.2, -0.15) is 0 Å². The highest BCUT2D eigenvalue weighted by molar-refractivity contribution is 5.66. The van der Waals surface area contributed by atoms with Crippen LogP contribution in [-0.4, -0.2) is 257 Å². The second-order valence-corrected chi connectivity index (χ2v) is 24.9. The topological polar surface area (TPSA) is 349 Å². The molecule has 0 bridgehead atoms. The molecule has 466 valence electrons. The number of hydrogen-bond donors (Lipinski definition) is 10. The van der Waals surface area contributed by atoms with Crippen LogP contribution >= 0.6 is 0 Å². The van der Waals surface area contributed by atoms with Crippen LogP contribution in [-0.2, 0) is 71.1 Å². The van der Waals surface area contributed by atoms with Gasteiger partial charge in [0, 0.05) is 40.1 Å². The molecule has 9 rings (SSSR count). The van der Waals surface area contributed by atoms with E-state index in [2.05, 4.69) is 19.9 Å². The molecule has 4 aliphatic carbocycles. The van der Waals surface area contributed by atoms with Crippen LogP contribution in [0.1, 0.15) is 106 Å². The second kappa shape index (κ2) is 25.6. The molecule has 9 aliphatic rings. The van der Waals surface area contributed by atoms with Crippen molar-refractivity contribution in [3.05, 3.63) is 11.6 Å². The Bertz CT molecular complexity index is 2130. The van der Waals surface area contributed by atoms with Crippen LogP contribution in [0.15, 0.2) is 11.6 Å². The molecule has 0 amide bonds. The lowest BCUT2D eigenvalue weighted by atomic mass is 9.46. The second-order valence-electron chi connectivity index (χ2n) is 24.9. The normalized spacial score (nSPS) is 52.5. The maximum Gasteiger partial charge on any atom is 0.303 e. The maximum absolute atomic E-state index is 13.1. The van der Waals surface area contributed by atoms with Crippen molar-refractivity contribution in [1.82, 2.24) is 0 Å². The molecule has 25 nitrogen and oxygen atoms in total. The minimum absolute atomic E-state index is 0.0853. The summed E-state index contributed by atoms with van der Waals surface area (Å²) in [6, 6.07) is 0. The van der Waals surface area contributed by atoms with Crippen LogP contribution in [0.2, 0.25) is 0 Å². The minimum Gasteiger partial charge on any atom is -0.454 e. The summed E-state index contributed by atoms with van der Waals surface area (Å²) in [7, 11) is 4.39. The Morgan fingerprint density at radius 3 is 1.89 bits per heavy atom. The van der Waals surface area contributed by atoms with Gasteiger partial charge in [-0.3, -0.25) is 4.79 Å². The van der Waals surface area contributed by atoms with Gasteiger partial charge in [-0.1, -0.05) is 25.5 Å². The van der Waals surface area contributed by atoms with Gasteiger partial charge in [0.15, 0.2) is 37.6 Å². The number of aliphatic hydroxyl groups excluding tert-OH is 9. The molecule has 3 saturated carbocycles. The third-order valence-electron chi connectivity index (χ3n) is 20.4. The third-order valence-corrected chi connectivity index (χ3v) is 20.4. The van der Waals surface area contributed by atoms with Gasteiger partial charge in [-0.25, -0.2) is 0 Å². The molecule has 8 fully saturated rings. The van der Waals surface area contributed by atoms with Crippen LogP contribution in [0.5, 0.6) is 0 Å². The molecule has 5 aliphatic heterocycles. The molecule has 10 N–H and O–H groups in total. The van der Waals surface area contributed by atoms with E-state index in [0.29, 0.717) is 18.8 Å². The van der Waals surface area contributed by atoms with Crippen molar-refractivity contribution in [2.45, 2.75) is 271 Å². The lowest BCUT2D eigenvalue weighted by molar-refractivity contribution is -0.380. The SMILES string of the molecule is COC1CC(OC2CCC3(C)C(=CCC4C3CCC3(C)C4CCC3(O)C(C)OC3OC(C)C(O)C(OC)C3OC3OC(COC4OC(CO)C(O)C(O)C4O)C(O)C(O)C3O)C2)OC(C)C1OC1OC(C)C(O)C(OC)C1OC(C)=O. The molecule has 0 aromatic heterocycles. The van der Waals surface area contributed by atoms with E-state index < -0.39 is 184 Å². The molecule has 25 heteroatoms. The molecular formula is C56H92O25. The minimum atomic E-state index is -1.86. The van der Waals surface area contributed by atoms with Gasteiger partial charge in [0.25, 0.3) is 0 Å². The summed E-state index contributed by atoms with van der Waals surface area (Å²) < 4.78 is 84.9. The zero-order valence-corrected chi connectivity index (χ0v) is 48.2. The smallest absolute Gasteiger partial charge is 0.303 e. The van der Waals surface area contributed by atoms with E-state index in [4.69, 9.17) is 66.3 Å². The monoisotopic (exact) mass is 1160 g/mol. The summed E-state index contributed by atoms with van der Waals surface area (Å²) in [4.78, 5) is 12.1. The van der Waals surface area contributed by atoms with E-state index in [1.54, 1.807) is 27.9 Å². The fourth-order valence-electron chi connectivity index (χ4n) is 15.6. The van der Waals surface area contributed by atoms with Crippen molar-refractivity contribution in [2.75, 3.05) is 34.5 Å². The molecule has 0 radical (unpaired) electrons. The van der Waals surface area contributed by atoms with Gasteiger partial charge >= 0.3 is 5.97 Å². The van der Waals surface area contributed by atoms with Crippen LogP contribution < -0.4 is 0 Å². The van der Waals surface area contributed by atoms with Crippen LogP contribution in [0.3, 0.4) is 0 Å². The number of allylic oxidation sites excluding steroid dienone is 1. The highest BCUT2D eigenvalue weighted by atomic mass is 16.8. The van der Waals surface area contributed by atoms with Crippen LogP contribution in [0.25, 0.3) is 0 Å². The number of esters is 1.